The van der Waals surface area contributed by atoms with Gasteiger partial charge in [0.05, 0.1) is 0 Å². The average molecular weight is 232 g/mol. The fourth-order valence-electron chi connectivity index (χ4n) is 2.24. The molecule has 0 bridgehead atoms. The summed E-state index contributed by atoms with van der Waals surface area (Å²) >= 11 is 0. The highest BCUT2D eigenvalue weighted by molar-refractivity contribution is 5.32. The Kier molecular flexibility index (Phi) is 5.74. The molecule has 0 atom stereocenters. The Hall–Kier alpha value is -0.780. The summed E-state index contributed by atoms with van der Waals surface area (Å²) in [5, 5.41) is 0. The maximum absolute atomic E-state index is 2.42. The number of hydrogen-bond donors (Lipinski definition) is 0. The van der Waals surface area contributed by atoms with E-state index in [4.69, 9.17) is 0 Å². The first kappa shape index (κ1) is 14.3. The Morgan fingerprint density at radius 2 is 1.59 bits per heavy atom. The van der Waals surface area contributed by atoms with Crippen LogP contribution in [0.5, 0.6) is 0 Å². The van der Waals surface area contributed by atoms with Crippen LogP contribution in [-0.4, -0.2) is 0 Å². The summed E-state index contributed by atoms with van der Waals surface area (Å²) in [5.74, 6) is 1.39. The molecule has 0 aliphatic heterocycles. The monoisotopic (exact) mass is 232 g/mol. The van der Waals surface area contributed by atoms with Crippen LogP contribution in [0.2, 0.25) is 0 Å². The van der Waals surface area contributed by atoms with Gasteiger partial charge in [-0.25, -0.2) is 0 Å². The second-order valence-corrected chi connectivity index (χ2v) is 5.94. The molecule has 0 unspecified atom stereocenters. The molecule has 17 heavy (non-hydrogen) atoms. The molecule has 0 fully saturated rings. The molecule has 0 aliphatic rings. The summed E-state index contributed by atoms with van der Waals surface area (Å²) in [5.41, 5.74) is 4.57. The Labute approximate surface area is 107 Å². The van der Waals surface area contributed by atoms with Crippen molar-refractivity contribution in [3.8, 4) is 0 Å². The minimum atomic E-state index is 0.641. The van der Waals surface area contributed by atoms with Crippen molar-refractivity contribution in [1.29, 1.82) is 0 Å². The van der Waals surface area contributed by atoms with Crippen molar-refractivity contribution in [2.75, 3.05) is 0 Å². The lowest BCUT2D eigenvalue weighted by molar-refractivity contribution is 0.645. The molecule has 96 valence electrons. The predicted molar refractivity (Wildman–Crippen MR) is 77.7 cm³/mol. The summed E-state index contributed by atoms with van der Waals surface area (Å²) in [6.45, 7) is 11.4. The van der Waals surface area contributed by atoms with Crippen molar-refractivity contribution in [2.24, 2.45) is 5.92 Å². The molecule has 0 spiro atoms. The fourth-order valence-corrected chi connectivity index (χ4v) is 2.24. The van der Waals surface area contributed by atoms with E-state index < -0.39 is 0 Å². The first-order valence-electron chi connectivity index (χ1n) is 7.15. The predicted octanol–water partition coefficient (Wildman–Crippen LogP) is 5.35. The van der Waals surface area contributed by atoms with Crippen LogP contribution in [0.25, 0.3) is 0 Å². The molecule has 0 aromatic heterocycles. The summed E-state index contributed by atoms with van der Waals surface area (Å²) in [6, 6.07) is 7.23. The van der Waals surface area contributed by atoms with Crippen molar-refractivity contribution in [2.45, 2.75) is 66.2 Å². The molecule has 1 rings (SSSR count). The van der Waals surface area contributed by atoms with Crippen molar-refractivity contribution in [1.82, 2.24) is 0 Å². The second-order valence-electron chi connectivity index (χ2n) is 5.94. The zero-order chi connectivity index (χ0) is 12.8. The quantitative estimate of drug-likeness (QED) is 0.620. The fraction of sp³-hybridized carbons (Fsp3) is 0.647. The molecule has 0 heterocycles. The van der Waals surface area contributed by atoms with E-state index in [9.17, 15) is 0 Å². The van der Waals surface area contributed by atoms with Crippen LogP contribution in [0.1, 0.15) is 70.1 Å². The Morgan fingerprint density at radius 3 is 2.12 bits per heavy atom. The van der Waals surface area contributed by atoms with E-state index in [-0.39, 0.29) is 0 Å². The topological polar surface area (TPSA) is 0 Å². The number of hydrogen-bond acceptors (Lipinski definition) is 0. The van der Waals surface area contributed by atoms with Gasteiger partial charge in [0.1, 0.15) is 0 Å². The van der Waals surface area contributed by atoms with Crippen LogP contribution in [-0.2, 0) is 12.8 Å². The summed E-state index contributed by atoms with van der Waals surface area (Å²) in [6.07, 6.45) is 5.04. The highest BCUT2D eigenvalue weighted by Gasteiger charge is 2.06. The van der Waals surface area contributed by atoms with Crippen LogP contribution in [0, 0.1) is 5.92 Å². The van der Waals surface area contributed by atoms with Gasteiger partial charge in [-0.15, -0.1) is 0 Å². The molecular weight excluding hydrogens is 204 g/mol. The van der Waals surface area contributed by atoms with Gasteiger partial charge in [0.15, 0.2) is 0 Å². The van der Waals surface area contributed by atoms with E-state index in [2.05, 4.69) is 52.8 Å². The molecule has 0 amide bonds. The van der Waals surface area contributed by atoms with Gasteiger partial charge in [0, 0.05) is 0 Å². The van der Waals surface area contributed by atoms with Crippen LogP contribution in [0.4, 0.5) is 0 Å². The van der Waals surface area contributed by atoms with E-state index in [1.165, 1.54) is 42.4 Å². The first-order valence-corrected chi connectivity index (χ1v) is 7.15. The molecule has 0 radical (unpaired) electrons. The van der Waals surface area contributed by atoms with Gasteiger partial charge >= 0.3 is 0 Å². The molecule has 0 nitrogen and oxygen atoms in total. The lowest BCUT2D eigenvalue weighted by atomic mass is 9.92. The maximum Gasteiger partial charge on any atom is -0.0219 e. The third kappa shape index (κ3) is 4.93. The van der Waals surface area contributed by atoms with Crippen LogP contribution in [0.15, 0.2) is 18.2 Å². The van der Waals surface area contributed by atoms with E-state index in [1.54, 1.807) is 0 Å². The number of unbranched alkanes of at least 4 members (excludes halogenated alkanes) is 1. The highest BCUT2D eigenvalue weighted by Crippen LogP contribution is 2.21. The third-order valence-electron chi connectivity index (χ3n) is 3.20. The normalized spacial score (nSPS) is 11.5. The minimum absolute atomic E-state index is 0.641. The molecular formula is C17H28. The molecule has 0 saturated carbocycles. The van der Waals surface area contributed by atoms with Gasteiger partial charge in [0.2, 0.25) is 0 Å². The van der Waals surface area contributed by atoms with Gasteiger partial charge < -0.3 is 0 Å². The molecule has 0 N–H and O–H groups in total. The van der Waals surface area contributed by atoms with E-state index in [0.717, 1.165) is 5.92 Å². The average Bonchev–Trinajstić information content (AvgIpc) is 2.25. The Bertz CT molecular complexity index is 334. The van der Waals surface area contributed by atoms with Gasteiger partial charge in [-0.3, -0.25) is 0 Å². The van der Waals surface area contributed by atoms with Crippen LogP contribution < -0.4 is 0 Å². The van der Waals surface area contributed by atoms with Crippen LogP contribution in [0.3, 0.4) is 0 Å². The summed E-state index contributed by atoms with van der Waals surface area (Å²) in [7, 11) is 0. The molecule has 1 aromatic carbocycles. The lowest BCUT2D eigenvalue weighted by Crippen LogP contribution is -1.99. The van der Waals surface area contributed by atoms with Crippen molar-refractivity contribution in [3.05, 3.63) is 34.9 Å². The number of benzene rings is 1. The van der Waals surface area contributed by atoms with Gasteiger partial charge in [-0.2, -0.15) is 0 Å². The summed E-state index contributed by atoms with van der Waals surface area (Å²) in [4.78, 5) is 0. The van der Waals surface area contributed by atoms with Crippen molar-refractivity contribution in [3.63, 3.8) is 0 Å². The largest absolute Gasteiger partial charge is 0.0654 e. The van der Waals surface area contributed by atoms with Gasteiger partial charge in [0.25, 0.3) is 0 Å². The molecule has 1 aromatic rings. The maximum atomic E-state index is 2.42. The molecule has 0 heteroatoms. The summed E-state index contributed by atoms with van der Waals surface area (Å²) < 4.78 is 0. The SMILES string of the molecule is CCCCc1cc(CC(C)C)cc(C(C)C)c1. The number of rotatable bonds is 6. The van der Waals surface area contributed by atoms with E-state index >= 15 is 0 Å². The first-order chi connectivity index (χ1) is 8.02. The van der Waals surface area contributed by atoms with Crippen LogP contribution >= 0.6 is 0 Å². The number of aryl methyl sites for hydroxylation is 1. The van der Waals surface area contributed by atoms with Crippen molar-refractivity contribution >= 4 is 0 Å². The highest BCUT2D eigenvalue weighted by atomic mass is 14.1. The van der Waals surface area contributed by atoms with Crippen molar-refractivity contribution < 1.29 is 0 Å². The Balaban J connectivity index is 2.92. The van der Waals surface area contributed by atoms with E-state index in [1.807, 2.05) is 0 Å². The zero-order valence-corrected chi connectivity index (χ0v) is 12.2. The third-order valence-corrected chi connectivity index (χ3v) is 3.20. The molecule has 0 saturated heterocycles. The van der Waals surface area contributed by atoms with E-state index in [0.29, 0.717) is 5.92 Å². The van der Waals surface area contributed by atoms with Gasteiger partial charge in [-0.05, 0) is 47.8 Å². The van der Waals surface area contributed by atoms with Gasteiger partial charge in [-0.1, -0.05) is 59.2 Å². The minimum Gasteiger partial charge on any atom is -0.0654 e. The lowest BCUT2D eigenvalue weighted by Gasteiger charge is -2.13. The smallest absolute Gasteiger partial charge is 0.0219 e. The second kappa shape index (κ2) is 6.83. The zero-order valence-electron chi connectivity index (χ0n) is 12.2. The molecule has 0 aliphatic carbocycles. The standard InChI is InChI=1S/C17H28/c1-6-7-8-15-10-16(9-13(2)3)12-17(11-15)14(4)5/h10-14H,6-9H2,1-5H3. The Morgan fingerprint density at radius 1 is 0.941 bits per heavy atom.